The van der Waals surface area contributed by atoms with Gasteiger partial charge in [0.1, 0.15) is 6.29 Å². The summed E-state index contributed by atoms with van der Waals surface area (Å²) in [4.78, 5) is 26.4. The molecule has 0 saturated heterocycles. The number of nitrogens with zero attached hydrogens (tertiary/aromatic N) is 1. The van der Waals surface area contributed by atoms with Crippen molar-refractivity contribution in [2.45, 2.75) is 54.4 Å². The smallest absolute Gasteiger partial charge is 0.248 e. The van der Waals surface area contributed by atoms with E-state index >= 15 is 0 Å². The Morgan fingerprint density at radius 2 is 0.662 bits per heavy atom. The summed E-state index contributed by atoms with van der Waals surface area (Å²) in [6.45, 7) is 12.4. The first-order chi connectivity index (χ1) is 35.1. The van der Waals surface area contributed by atoms with Gasteiger partial charge in [0.15, 0.2) is 0 Å². The molecule has 0 saturated carbocycles. The predicted molar refractivity (Wildman–Crippen MR) is 563 cm³/mol. The fourth-order valence-corrected chi connectivity index (χ4v) is 734. The van der Waals surface area contributed by atoms with Crippen molar-refractivity contribution in [3.05, 3.63) is 0 Å². The molecule has 0 fully saturated rings. The van der Waals surface area contributed by atoms with Crippen LogP contribution < -0.4 is 0 Å². The summed E-state index contributed by atoms with van der Waals surface area (Å²) >= 11 is 0. The third-order valence-electron chi connectivity index (χ3n) is 8.91. The lowest BCUT2D eigenvalue weighted by Crippen LogP contribution is -2.33. The Kier molecular flexibility index (Phi) is 86.6. The van der Waals surface area contributed by atoms with E-state index in [1.807, 2.05) is 13.8 Å². The van der Waals surface area contributed by atoms with Crippen LogP contribution in [0, 0.1) is 23.7 Å². The summed E-state index contributed by atoms with van der Waals surface area (Å²) in [7, 11) is 102. The van der Waals surface area contributed by atoms with Crippen LogP contribution in [-0.4, -0.2) is 31.4 Å². The summed E-state index contributed by atoms with van der Waals surface area (Å²) < 4.78 is 0. The van der Waals surface area contributed by atoms with Crippen molar-refractivity contribution in [2.24, 2.45) is 23.7 Å². The number of carbonyl (C=O) groups is 2. The Labute approximate surface area is 573 Å². The van der Waals surface area contributed by atoms with Crippen molar-refractivity contribution in [1.82, 2.24) is 5.06 Å². The minimum Gasteiger partial charge on any atom is -0.303 e. The van der Waals surface area contributed by atoms with Gasteiger partial charge < -0.3 is 4.79 Å². The monoisotopic (exact) mass is 2110 g/mol. The lowest BCUT2D eigenvalue weighted by Gasteiger charge is -2.51. The number of amides is 1. The molecule has 0 aromatic rings. The highest BCUT2D eigenvalue weighted by Crippen LogP contribution is 3.39. The Bertz CT molecular complexity index is 1390. The van der Waals surface area contributed by atoms with E-state index in [1.165, 1.54) is 12.2 Å². The molecule has 0 aromatic heterocycles. The summed E-state index contributed by atoms with van der Waals surface area (Å²) in [5, 5.41) is 1.29. The van der Waals surface area contributed by atoms with Gasteiger partial charge in [0.25, 0.3) is 0 Å². The molecule has 0 heterocycles. The predicted octanol–water partition coefficient (Wildman–Crippen LogP) is 36.3. The molecule has 0 spiro atoms. The standard InChI is InChI=1S/C9H19NO2.C7H14O.H31P29.H30P28/c1-6-7(2)8(3)9(11)10(4)12-5;1-4-6(2)7(3)5-8;1-16-24(17(2)3)28(25(18(4)5)19(6)7)29(26(20(8)9)21(10)11)27(22(12)13)23(14)15;1-16(2)23(15)27(24(17(3)4)18(5)6)28(25(19(7)8)20(9)10)26(21(11)12)22(13)14/h7-8H,6H2,1-5H3;5-7H,4H2,1-3H3;16H,1-15H2;1-15H2/t7-,8+;6-,7-;;/m00../s1. The fourth-order valence-electron chi connectivity index (χ4n) is 4.49. The first kappa shape index (κ1) is 107. The van der Waals surface area contributed by atoms with Gasteiger partial charge >= 0.3 is 0 Å². The fraction of sp³-hybridized carbons (Fsp3) is 0.875. The number of carbonyl (C=O) groups excluding carboxylic acids is 2. The van der Waals surface area contributed by atoms with Crippen LogP contribution in [-0.2, 0) is 14.4 Å². The second-order valence-corrected chi connectivity index (χ2v) is 242. The molecule has 0 aromatic carbocycles. The lowest BCUT2D eigenvalue weighted by molar-refractivity contribution is -0.174. The largest absolute Gasteiger partial charge is 0.303 e. The third-order valence-corrected chi connectivity index (χ3v) is 383. The third kappa shape index (κ3) is 44.8. The van der Waals surface area contributed by atoms with Crippen LogP contribution in [0.4, 0.5) is 0 Å². The van der Waals surface area contributed by atoms with E-state index in [-0.39, 0.29) is 199 Å². The van der Waals surface area contributed by atoms with Gasteiger partial charge in [-0.25, -0.2) is 5.06 Å². The molecule has 1 amide bonds. The molecule has 0 aliphatic heterocycles. The van der Waals surface area contributed by atoms with Crippen LogP contribution in [0.25, 0.3) is 0 Å². The quantitative estimate of drug-likeness (QED) is 0.0383. The second kappa shape index (κ2) is 62.4. The molecule has 466 valence electrons. The van der Waals surface area contributed by atoms with E-state index in [0.29, 0.717) is 11.8 Å². The Balaban J connectivity index is -0.000000513. The highest BCUT2D eigenvalue weighted by Gasteiger charge is 2.51. The van der Waals surface area contributed by atoms with Gasteiger partial charge in [0.05, 0.1) is 7.11 Å². The summed E-state index contributed by atoms with van der Waals surface area (Å²) in [5.74, 6) is 1.29. The molecule has 77 heavy (non-hydrogen) atoms. The van der Waals surface area contributed by atoms with E-state index in [2.05, 4.69) is 296 Å². The van der Waals surface area contributed by atoms with Gasteiger partial charge in [-0.15, -0.1) is 268 Å². The minimum absolute atomic E-state index is 0.00189. The maximum Gasteiger partial charge on any atom is 0.248 e. The Hall–Kier alpha value is 23.6. The van der Waals surface area contributed by atoms with Crippen LogP contribution in [0.1, 0.15) is 54.4 Å². The van der Waals surface area contributed by atoms with Gasteiger partial charge in [-0.2, -0.15) is 0 Å². The first-order valence-corrected chi connectivity index (χ1v) is 123. The zero-order valence-electron chi connectivity index (χ0n) is 43.9. The molecule has 39 atom stereocenters. The molecule has 4 nitrogen and oxygen atoms in total. The van der Waals surface area contributed by atoms with Gasteiger partial charge in [-0.05, 0) is 194 Å². The van der Waals surface area contributed by atoms with Crippen LogP contribution in [0.15, 0.2) is 0 Å². The molecule has 35 unspecified atom stereocenters. The zero-order valence-corrected chi connectivity index (χ0v) is 103. The molecule has 0 bridgehead atoms. The summed E-state index contributed by atoms with van der Waals surface area (Å²) in [5.41, 5.74) is 0. The van der Waals surface area contributed by atoms with E-state index < -0.39 is 0 Å². The van der Waals surface area contributed by atoms with E-state index in [1.54, 1.807) is 7.05 Å². The topological polar surface area (TPSA) is 46.6 Å². The molecule has 0 N–H and O–H groups in total. The Morgan fingerprint density at radius 1 is 0.416 bits per heavy atom. The number of rotatable bonds is 32. The van der Waals surface area contributed by atoms with Crippen molar-refractivity contribution < 1.29 is 14.4 Å². The maximum absolute atomic E-state index is 11.5. The van der Waals surface area contributed by atoms with E-state index in [4.69, 9.17) is 4.84 Å². The van der Waals surface area contributed by atoms with Crippen LogP contribution in [0.2, 0.25) is 0 Å². The number of hydrogen-bond acceptors (Lipinski definition) is 3. The van der Waals surface area contributed by atoms with Gasteiger partial charge in [0, 0.05) is 18.9 Å². The van der Waals surface area contributed by atoms with E-state index in [0.717, 1.165) is 27.1 Å². The summed E-state index contributed by atoms with van der Waals surface area (Å²) in [6.07, 6.45) is 3.14. The molecular formula is C16H94NO3P57. The van der Waals surface area contributed by atoms with Gasteiger partial charge in [0.2, 0.25) is 5.91 Å². The van der Waals surface area contributed by atoms with Crippen LogP contribution in [0.5, 0.6) is 0 Å². The highest BCUT2D eigenvalue weighted by atomic mass is 33.5. The lowest BCUT2D eigenvalue weighted by atomic mass is 9.93. The van der Waals surface area contributed by atoms with E-state index in [9.17, 15) is 9.59 Å². The van der Waals surface area contributed by atoms with Crippen molar-refractivity contribution in [2.75, 3.05) is 14.2 Å². The van der Waals surface area contributed by atoms with Gasteiger partial charge in [-0.3, -0.25) is 9.63 Å². The average Bonchev–Trinajstić information content (AvgIpc) is 3.29. The molecule has 0 rings (SSSR count). The number of hydrogen-bond donors (Lipinski definition) is 0. The SMILES string of the molecule is CC[C@H](C)[C@@H](C)C(=O)N(C)OC.CC[C@H](C)[C@@H](C)C=O.PP(P)P(P)P(P(P(P)P)P(P)P)P(P(P(P)P)P(P)P)P(P(P)P)P(P)P.PPP(P(P)P)P(P(P(P)P)P(P)P)P(P(P(P)P)P(P)P)P(P(P)P)P(P)P. The average molecular weight is 2110 g/mol. The van der Waals surface area contributed by atoms with Gasteiger partial charge in [-0.1, -0.05) is 62.3 Å². The molecule has 0 radical (unpaired) electrons. The zero-order chi connectivity index (χ0) is 62.0. The number of aldehydes is 1. The summed E-state index contributed by atoms with van der Waals surface area (Å²) in [6, 6.07) is 0. The molecular weight excluding hydrogens is 2020 g/mol. The van der Waals surface area contributed by atoms with Crippen molar-refractivity contribution in [3.63, 3.8) is 0 Å². The molecule has 61 heteroatoms. The van der Waals surface area contributed by atoms with Crippen LogP contribution in [0.3, 0.4) is 0 Å². The minimum atomic E-state index is -0.0421. The molecule has 0 aliphatic carbocycles. The van der Waals surface area contributed by atoms with Crippen molar-refractivity contribution >= 4 is 470 Å². The first-order valence-electron chi connectivity index (χ1n) is 20.3. The van der Waals surface area contributed by atoms with Crippen LogP contribution >= 0.6 is 457 Å². The maximum atomic E-state index is 11.5. The second-order valence-electron chi connectivity index (χ2n) is 14.3. The number of hydroxylamine groups is 2. The molecule has 0 aliphatic rings. The van der Waals surface area contributed by atoms with Crippen molar-refractivity contribution in [1.29, 1.82) is 0 Å². The highest BCUT2D eigenvalue weighted by molar-refractivity contribution is 9.45. The Morgan fingerprint density at radius 3 is 0.844 bits per heavy atom. The normalized spacial score (nSPS) is 16.2. The van der Waals surface area contributed by atoms with Crippen molar-refractivity contribution in [3.8, 4) is 0 Å².